The first-order valence-corrected chi connectivity index (χ1v) is 5.07. The minimum Gasteiger partial charge on any atom is -0.385 e. The number of aliphatic hydroxyl groups is 1. The zero-order valence-corrected chi connectivity index (χ0v) is 9.08. The number of alkyl halides is 3. The van der Waals surface area contributed by atoms with Crippen LogP contribution in [0.3, 0.4) is 0 Å². The zero-order chi connectivity index (χ0) is 11.5. The number of nitrogens with zero attached hydrogens (tertiary/aromatic N) is 2. The van der Waals surface area contributed by atoms with Crippen LogP contribution in [0.4, 0.5) is 8.78 Å². The molecule has 1 heterocycles. The molecule has 1 aromatic heterocycles. The molecular formula is C9H13ClF2N2O. The Hall–Kier alpha value is -0.680. The van der Waals surface area contributed by atoms with Crippen molar-refractivity contribution >= 4 is 11.6 Å². The van der Waals surface area contributed by atoms with Crippen molar-refractivity contribution in [2.45, 2.75) is 37.8 Å². The molecule has 1 N–H and O–H groups in total. The van der Waals surface area contributed by atoms with Crippen LogP contribution < -0.4 is 0 Å². The summed E-state index contributed by atoms with van der Waals surface area (Å²) in [5.41, 5.74) is 0. The molecule has 15 heavy (non-hydrogen) atoms. The molecule has 1 rings (SSSR count). The van der Waals surface area contributed by atoms with Gasteiger partial charge < -0.3 is 9.67 Å². The summed E-state index contributed by atoms with van der Waals surface area (Å²) < 4.78 is 26.7. The summed E-state index contributed by atoms with van der Waals surface area (Å²) in [6, 6.07) is 0. The number of rotatable bonds is 5. The van der Waals surface area contributed by atoms with Crippen molar-refractivity contribution in [2.24, 2.45) is 0 Å². The standard InChI is InChI=1S/C9H13ClF2N2O/c1-2-4-14-5-3-13-8(14)6-7(15)9(10,11)12/h3,5,7,15H,2,4,6H2,1H3. The van der Waals surface area contributed by atoms with Gasteiger partial charge in [0.15, 0.2) is 0 Å². The smallest absolute Gasteiger partial charge is 0.347 e. The number of aliphatic hydroxyl groups excluding tert-OH is 1. The largest absolute Gasteiger partial charge is 0.385 e. The lowest BCUT2D eigenvalue weighted by Crippen LogP contribution is -2.30. The van der Waals surface area contributed by atoms with Crippen LogP contribution in [0.15, 0.2) is 12.4 Å². The lowest BCUT2D eigenvalue weighted by molar-refractivity contribution is -0.0410. The van der Waals surface area contributed by atoms with Gasteiger partial charge in [0.05, 0.1) is 0 Å². The van der Waals surface area contributed by atoms with Gasteiger partial charge in [-0.1, -0.05) is 6.92 Å². The van der Waals surface area contributed by atoms with Gasteiger partial charge in [0, 0.05) is 25.4 Å². The fourth-order valence-electron chi connectivity index (χ4n) is 1.26. The van der Waals surface area contributed by atoms with E-state index in [1.54, 1.807) is 10.8 Å². The molecule has 0 amide bonds. The van der Waals surface area contributed by atoms with Gasteiger partial charge in [-0.25, -0.2) is 4.98 Å². The maximum absolute atomic E-state index is 12.5. The summed E-state index contributed by atoms with van der Waals surface area (Å²) in [5, 5.41) is 5.51. The minimum absolute atomic E-state index is 0.247. The third-order valence-electron chi connectivity index (χ3n) is 2.02. The van der Waals surface area contributed by atoms with Crippen LogP contribution >= 0.6 is 11.6 Å². The van der Waals surface area contributed by atoms with Gasteiger partial charge in [-0.05, 0) is 18.0 Å². The highest BCUT2D eigenvalue weighted by Crippen LogP contribution is 2.25. The molecule has 1 unspecified atom stereocenters. The molecule has 0 saturated carbocycles. The molecule has 1 atom stereocenters. The lowest BCUT2D eigenvalue weighted by atomic mass is 10.2. The SMILES string of the molecule is CCCn1ccnc1CC(O)C(F)(F)Cl. The molecule has 6 heteroatoms. The number of aryl methyl sites for hydroxylation is 1. The Labute approximate surface area is 91.7 Å². The van der Waals surface area contributed by atoms with Crippen molar-refractivity contribution < 1.29 is 13.9 Å². The molecule has 0 aromatic carbocycles. The van der Waals surface area contributed by atoms with Gasteiger partial charge in [0.25, 0.3) is 0 Å². The number of aromatic nitrogens is 2. The van der Waals surface area contributed by atoms with Crippen molar-refractivity contribution in [3.63, 3.8) is 0 Å². The van der Waals surface area contributed by atoms with E-state index in [-0.39, 0.29) is 6.42 Å². The molecule has 0 spiro atoms. The monoisotopic (exact) mass is 238 g/mol. The second kappa shape index (κ2) is 4.90. The Bertz CT molecular complexity index is 311. The van der Waals surface area contributed by atoms with E-state index in [1.807, 2.05) is 6.92 Å². The van der Waals surface area contributed by atoms with Crippen molar-refractivity contribution in [2.75, 3.05) is 0 Å². The van der Waals surface area contributed by atoms with Gasteiger partial charge >= 0.3 is 5.38 Å². The Morgan fingerprint density at radius 3 is 2.87 bits per heavy atom. The summed E-state index contributed by atoms with van der Waals surface area (Å²) in [4.78, 5) is 3.90. The summed E-state index contributed by atoms with van der Waals surface area (Å²) >= 11 is 4.71. The third kappa shape index (κ3) is 3.43. The summed E-state index contributed by atoms with van der Waals surface area (Å²) in [6.45, 7) is 2.66. The molecular weight excluding hydrogens is 226 g/mol. The Morgan fingerprint density at radius 2 is 2.33 bits per heavy atom. The quantitative estimate of drug-likeness (QED) is 0.797. The number of hydrogen-bond donors (Lipinski definition) is 1. The van der Waals surface area contributed by atoms with E-state index in [0.717, 1.165) is 6.42 Å². The van der Waals surface area contributed by atoms with Gasteiger partial charge in [-0.2, -0.15) is 8.78 Å². The van der Waals surface area contributed by atoms with E-state index in [4.69, 9.17) is 16.7 Å². The van der Waals surface area contributed by atoms with Gasteiger partial charge in [0.2, 0.25) is 0 Å². The average Bonchev–Trinajstić information content (AvgIpc) is 2.52. The number of imidazole rings is 1. The lowest BCUT2D eigenvalue weighted by Gasteiger charge is -2.16. The molecule has 3 nitrogen and oxygen atoms in total. The predicted molar refractivity (Wildman–Crippen MR) is 53.0 cm³/mol. The first kappa shape index (κ1) is 12.4. The van der Waals surface area contributed by atoms with Crippen LogP contribution in [0, 0.1) is 0 Å². The fraction of sp³-hybridized carbons (Fsp3) is 0.667. The summed E-state index contributed by atoms with van der Waals surface area (Å²) in [6.07, 6.45) is 1.93. The van der Waals surface area contributed by atoms with Crippen molar-refractivity contribution in [1.29, 1.82) is 0 Å². The average molecular weight is 239 g/mol. The van der Waals surface area contributed by atoms with Crippen LogP contribution in [0.25, 0.3) is 0 Å². The second-order valence-corrected chi connectivity index (χ2v) is 3.80. The second-order valence-electron chi connectivity index (χ2n) is 3.30. The normalized spacial score (nSPS) is 14.2. The predicted octanol–water partition coefficient (Wildman–Crippen LogP) is 2.03. The molecule has 0 aliphatic carbocycles. The Balaban J connectivity index is 2.68. The van der Waals surface area contributed by atoms with Crippen molar-refractivity contribution in [3.05, 3.63) is 18.2 Å². The topological polar surface area (TPSA) is 38.0 Å². The van der Waals surface area contributed by atoms with Crippen LogP contribution in [-0.4, -0.2) is 26.1 Å². The van der Waals surface area contributed by atoms with Gasteiger partial charge in [-0.15, -0.1) is 0 Å². The summed E-state index contributed by atoms with van der Waals surface area (Å²) in [5.74, 6) is 0.421. The maximum Gasteiger partial charge on any atom is 0.347 e. The van der Waals surface area contributed by atoms with Crippen LogP contribution in [-0.2, 0) is 13.0 Å². The first-order valence-electron chi connectivity index (χ1n) is 4.70. The molecule has 0 radical (unpaired) electrons. The fourth-order valence-corrected chi connectivity index (χ4v) is 1.34. The first-order chi connectivity index (χ1) is 6.95. The van der Waals surface area contributed by atoms with E-state index >= 15 is 0 Å². The summed E-state index contributed by atoms with van der Waals surface area (Å²) in [7, 11) is 0. The highest BCUT2D eigenvalue weighted by Gasteiger charge is 2.36. The Morgan fingerprint density at radius 1 is 1.67 bits per heavy atom. The molecule has 1 aromatic rings. The highest BCUT2D eigenvalue weighted by atomic mass is 35.5. The molecule has 0 aliphatic heterocycles. The van der Waals surface area contributed by atoms with Gasteiger partial charge in [0.1, 0.15) is 11.9 Å². The Kier molecular flexibility index (Phi) is 4.04. The van der Waals surface area contributed by atoms with Gasteiger partial charge in [-0.3, -0.25) is 0 Å². The zero-order valence-electron chi connectivity index (χ0n) is 8.33. The van der Waals surface area contributed by atoms with E-state index in [1.165, 1.54) is 6.20 Å². The maximum atomic E-state index is 12.5. The molecule has 86 valence electrons. The van der Waals surface area contributed by atoms with E-state index in [9.17, 15) is 8.78 Å². The van der Waals surface area contributed by atoms with E-state index in [0.29, 0.717) is 12.4 Å². The van der Waals surface area contributed by atoms with E-state index in [2.05, 4.69) is 4.98 Å². The van der Waals surface area contributed by atoms with Crippen LogP contribution in [0.5, 0.6) is 0 Å². The molecule has 0 fully saturated rings. The van der Waals surface area contributed by atoms with Crippen LogP contribution in [0.1, 0.15) is 19.2 Å². The van der Waals surface area contributed by atoms with E-state index < -0.39 is 11.5 Å². The molecule has 0 saturated heterocycles. The third-order valence-corrected chi connectivity index (χ3v) is 2.27. The number of halogens is 3. The minimum atomic E-state index is -3.61. The highest BCUT2D eigenvalue weighted by molar-refractivity contribution is 6.22. The molecule has 0 aliphatic rings. The number of hydrogen-bond acceptors (Lipinski definition) is 2. The van der Waals surface area contributed by atoms with Crippen molar-refractivity contribution in [3.8, 4) is 0 Å². The van der Waals surface area contributed by atoms with Crippen molar-refractivity contribution in [1.82, 2.24) is 9.55 Å². The van der Waals surface area contributed by atoms with Crippen LogP contribution in [0.2, 0.25) is 0 Å². The molecule has 0 bridgehead atoms.